The van der Waals surface area contributed by atoms with Gasteiger partial charge in [-0.2, -0.15) is 0 Å². The van der Waals surface area contributed by atoms with Gasteiger partial charge in [0, 0.05) is 24.6 Å². The van der Waals surface area contributed by atoms with Crippen molar-refractivity contribution in [2.24, 2.45) is 5.73 Å². The van der Waals surface area contributed by atoms with Crippen LogP contribution in [0.4, 0.5) is 5.69 Å². The molecule has 1 aromatic rings. The number of amides is 1. The molecule has 0 saturated heterocycles. The Kier molecular flexibility index (Phi) is 2.39. The maximum Gasteiger partial charge on any atom is 0.221 e. The van der Waals surface area contributed by atoms with E-state index in [1.165, 1.54) is 11.3 Å². The van der Waals surface area contributed by atoms with Crippen LogP contribution < -0.4 is 11.1 Å². The quantitative estimate of drug-likeness (QED) is 0.752. The predicted octanol–water partition coefficient (Wildman–Crippen LogP) is 1.28. The molecular weight excluding hydrogens is 176 g/mol. The molecule has 1 radical (unpaired) electrons. The van der Waals surface area contributed by atoms with Crippen molar-refractivity contribution in [2.45, 2.75) is 12.3 Å². The molecule has 3 heteroatoms. The van der Waals surface area contributed by atoms with Gasteiger partial charge in [-0.1, -0.05) is 18.2 Å². The Hall–Kier alpha value is -1.51. The molecule has 3 nitrogen and oxygen atoms in total. The Balaban J connectivity index is 2.07. The molecule has 2 rings (SSSR count). The summed E-state index contributed by atoms with van der Waals surface area (Å²) in [6.07, 6.45) is 2.27. The Morgan fingerprint density at radius 3 is 3.14 bits per heavy atom. The van der Waals surface area contributed by atoms with E-state index < -0.39 is 0 Å². The summed E-state index contributed by atoms with van der Waals surface area (Å²) >= 11 is 0. The van der Waals surface area contributed by atoms with Crippen LogP contribution in [0, 0.1) is 6.42 Å². The third-order valence-corrected chi connectivity index (χ3v) is 2.54. The Morgan fingerprint density at radius 2 is 2.36 bits per heavy atom. The molecule has 1 amide bonds. The molecule has 1 aliphatic heterocycles. The predicted molar refractivity (Wildman–Crippen MR) is 55.8 cm³/mol. The average molecular weight is 189 g/mol. The SMILES string of the molecule is NC(=O)[CH]C[C@H]1CNc2ccccc21. The summed E-state index contributed by atoms with van der Waals surface area (Å²) in [6.45, 7) is 0.892. The lowest BCUT2D eigenvalue weighted by Crippen LogP contribution is -2.13. The van der Waals surface area contributed by atoms with Crippen LogP contribution in [0.25, 0.3) is 0 Å². The van der Waals surface area contributed by atoms with Gasteiger partial charge < -0.3 is 11.1 Å². The normalized spacial score (nSPS) is 18.7. The number of carbonyl (C=O) groups is 1. The molecule has 1 aliphatic rings. The molecule has 1 heterocycles. The highest BCUT2D eigenvalue weighted by Gasteiger charge is 2.21. The maximum absolute atomic E-state index is 10.6. The zero-order chi connectivity index (χ0) is 9.97. The molecule has 0 spiro atoms. The summed E-state index contributed by atoms with van der Waals surface area (Å²) in [7, 11) is 0. The van der Waals surface area contributed by atoms with E-state index in [4.69, 9.17) is 5.73 Å². The van der Waals surface area contributed by atoms with Crippen molar-refractivity contribution >= 4 is 11.6 Å². The fraction of sp³-hybridized carbons (Fsp3) is 0.273. The number of nitrogens with one attached hydrogen (secondary N) is 1. The van der Waals surface area contributed by atoms with Crippen molar-refractivity contribution in [2.75, 3.05) is 11.9 Å². The van der Waals surface area contributed by atoms with Gasteiger partial charge >= 0.3 is 0 Å². The van der Waals surface area contributed by atoms with E-state index in [9.17, 15) is 4.79 Å². The molecule has 0 unspecified atom stereocenters. The van der Waals surface area contributed by atoms with Gasteiger partial charge in [0.1, 0.15) is 0 Å². The van der Waals surface area contributed by atoms with Crippen LogP contribution in [0.5, 0.6) is 0 Å². The molecule has 73 valence electrons. The fourth-order valence-electron chi connectivity index (χ4n) is 1.83. The first-order valence-corrected chi connectivity index (χ1v) is 4.73. The van der Waals surface area contributed by atoms with Crippen LogP contribution in [-0.2, 0) is 4.79 Å². The van der Waals surface area contributed by atoms with Gasteiger partial charge in [-0.05, 0) is 18.1 Å². The summed E-state index contributed by atoms with van der Waals surface area (Å²) in [4.78, 5) is 10.6. The maximum atomic E-state index is 10.6. The van der Waals surface area contributed by atoms with Crippen molar-refractivity contribution in [1.29, 1.82) is 0 Å². The fourth-order valence-corrected chi connectivity index (χ4v) is 1.83. The second-order valence-corrected chi connectivity index (χ2v) is 3.51. The molecule has 0 saturated carbocycles. The lowest BCUT2D eigenvalue weighted by atomic mass is 9.96. The van der Waals surface area contributed by atoms with E-state index in [0.29, 0.717) is 5.92 Å². The molecule has 0 bridgehead atoms. The third-order valence-electron chi connectivity index (χ3n) is 2.54. The van der Waals surface area contributed by atoms with Crippen LogP contribution in [0.15, 0.2) is 24.3 Å². The van der Waals surface area contributed by atoms with Gasteiger partial charge in [-0.25, -0.2) is 0 Å². The molecular formula is C11H13N2O. The highest BCUT2D eigenvalue weighted by molar-refractivity contribution is 5.83. The van der Waals surface area contributed by atoms with Crippen molar-refractivity contribution in [3.05, 3.63) is 36.2 Å². The van der Waals surface area contributed by atoms with Crippen LogP contribution in [0.2, 0.25) is 0 Å². The summed E-state index contributed by atoms with van der Waals surface area (Å²) in [5, 5.41) is 3.30. The molecule has 0 aliphatic carbocycles. The molecule has 14 heavy (non-hydrogen) atoms. The standard InChI is InChI=1S/C11H13N2O/c12-11(14)6-5-8-7-13-10-4-2-1-3-9(8)10/h1-4,6,8,13H,5,7H2,(H2,12,14)/t8-/m0/s1. The first-order valence-electron chi connectivity index (χ1n) is 4.73. The Bertz CT molecular complexity index is 349. The number of rotatable bonds is 3. The van der Waals surface area contributed by atoms with Crippen LogP contribution in [-0.4, -0.2) is 12.5 Å². The van der Waals surface area contributed by atoms with Gasteiger partial charge in [0.25, 0.3) is 0 Å². The van der Waals surface area contributed by atoms with E-state index in [0.717, 1.165) is 13.0 Å². The van der Waals surface area contributed by atoms with E-state index >= 15 is 0 Å². The second kappa shape index (κ2) is 3.70. The van der Waals surface area contributed by atoms with Gasteiger partial charge in [-0.15, -0.1) is 0 Å². The van der Waals surface area contributed by atoms with Crippen molar-refractivity contribution < 1.29 is 4.79 Å². The van der Waals surface area contributed by atoms with Crippen molar-refractivity contribution in [3.63, 3.8) is 0 Å². The summed E-state index contributed by atoms with van der Waals surface area (Å²) in [5.41, 5.74) is 7.53. The van der Waals surface area contributed by atoms with Crippen LogP contribution >= 0.6 is 0 Å². The molecule has 0 aromatic heterocycles. The first-order chi connectivity index (χ1) is 6.77. The number of benzene rings is 1. The number of hydrogen-bond donors (Lipinski definition) is 2. The largest absolute Gasteiger partial charge is 0.384 e. The van der Waals surface area contributed by atoms with Gasteiger partial charge in [0.15, 0.2) is 0 Å². The lowest BCUT2D eigenvalue weighted by molar-refractivity contribution is -0.115. The lowest BCUT2D eigenvalue weighted by Gasteiger charge is -2.07. The van der Waals surface area contributed by atoms with Crippen molar-refractivity contribution in [1.82, 2.24) is 0 Å². The number of carbonyl (C=O) groups excluding carboxylic acids is 1. The molecule has 1 atom stereocenters. The smallest absolute Gasteiger partial charge is 0.221 e. The number of nitrogens with two attached hydrogens (primary N) is 1. The van der Waals surface area contributed by atoms with Gasteiger partial charge in [0.2, 0.25) is 5.91 Å². The number of anilines is 1. The highest BCUT2D eigenvalue weighted by atomic mass is 16.1. The second-order valence-electron chi connectivity index (χ2n) is 3.51. The van der Waals surface area contributed by atoms with Gasteiger partial charge in [0.05, 0.1) is 0 Å². The number of para-hydroxylation sites is 1. The van der Waals surface area contributed by atoms with Crippen molar-refractivity contribution in [3.8, 4) is 0 Å². The van der Waals surface area contributed by atoms with E-state index in [2.05, 4.69) is 17.4 Å². The zero-order valence-corrected chi connectivity index (χ0v) is 7.86. The third kappa shape index (κ3) is 1.71. The summed E-state index contributed by atoms with van der Waals surface area (Å²) < 4.78 is 0. The number of fused-ring (bicyclic) bond motifs is 1. The van der Waals surface area contributed by atoms with Gasteiger partial charge in [-0.3, -0.25) is 4.79 Å². The summed E-state index contributed by atoms with van der Waals surface area (Å²) in [5.74, 6) is 0.0491. The minimum atomic E-state index is -0.339. The van der Waals surface area contributed by atoms with E-state index in [1.807, 2.05) is 12.1 Å². The zero-order valence-electron chi connectivity index (χ0n) is 7.86. The Labute approximate surface area is 83.3 Å². The number of hydrogen-bond acceptors (Lipinski definition) is 2. The molecule has 1 aromatic carbocycles. The van der Waals surface area contributed by atoms with E-state index in [-0.39, 0.29) is 5.91 Å². The average Bonchev–Trinajstić information content (AvgIpc) is 2.58. The topological polar surface area (TPSA) is 55.1 Å². The molecule has 0 fully saturated rings. The highest BCUT2D eigenvalue weighted by Crippen LogP contribution is 2.33. The minimum Gasteiger partial charge on any atom is -0.384 e. The summed E-state index contributed by atoms with van der Waals surface area (Å²) in [6, 6.07) is 8.17. The molecule has 3 N–H and O–H groups in total. The van der Waals surface area contributed by atoms with Crippen LogP contribution in [0.1, 0.15) is 17.9 Å². The first kappa shape index (κ1) is 9.06. The van der Waals surface area contributed by atoms with Crippen LogP contribution in [0.3, 0.4) is 0 Å². The van der Waals surface area contributed by atoms with E-state index in [1.54, 1.807) is 6.42 Å². The Morgan fingerprint density at radius 1 is 1.57 bits per heavy atom. The minimum absolute atomic E-state index is 0.339. The number of primary amides is 1. The monoisotopic (exact) mass is 189 g/mol.